The summed E-state index contributed by atoms with van der Waals surface area (Å²) in [4.78, 5) is 13.3. The number of carbonyl (C=O) groups excluding carboxylic acids is 1. The van der Waals surface area contributed by atoms with Gasteiger partial charge in [-0.05, 0) is 22.3 Å². The maximum Gasteiger partial charge on any atom is 0.224 e. The van der Waals surface area contributed by atoms with Gasteiger partial charge in [-0.3, -0.25) is 4.79 Å². The fraction of sp³-hybridized carbons (Fsp3) is 0.562. The SMILES string of the molecule is CC1(C)C(C(=O)NCc2sccc2C#CCO)C1(C)C. The third-order valence-corrected chi connectivity index (χ3v) is 5.67. The van der Waals surface area contributed by atoms with Crippen molar-refractivity contribution in [1.29, 1.82) is 0 Å². The summed E-state index contributed by atoms with van der Waals surface area (Å²) in [5.41, 5.74) is 1.01. The van der Waals surface area contributed by atoms with E-state index < -0.39 is 0 Å². The average Bonchev–Trinajstić information content (AvgIpc) is 2.69. The molecule has 3 nitrogen and oxygen atoms in total. The topological polar surface area (TPSA) is 49.3 Å². The Labute approximate surface area is 124 Å². The molecule has 1 aromatic heterocycles. The van der Waals surface area contributed by atoms with Gasteiger partial charge in [-0.1, -0.05) is 39.5 Å². The zero-order valence-electron chi connectivity index (χ0n) is 12.4. The van der Waals surface area contributed by atoms with Gasteiger partial charge in [0.05, 0.1) is 6.54 Å². The number of aliphatic hydroxyl groups excluding tert-OH is 1. The second kappa shape index (κ2) is 5.23. The molecule has 0 radical (unpaired) electrons. The number of aliphatic hydroxyl groups is 1. The molecule has 0 saturated heterocycles. The second-order valence-electron chi connectivity index (χ2n) is 6.31. The first-order valence-electron chi connectivity index (χ1n) is 6.76. The molecule has 108 valence electrons. The Kier molecular flexibility index (Phi) is 3.95. The minimum atomic E-state index is -0.147. The van der Waals surface area contributed by atoms with Gasteiger partial charge in [0.25, 0.3) is 0 Å². The zero-order chi connectivity index (χ0) is 15.0. The number of amides is 1. The highest BCUT2D eigenvalue weighted by molar-refractivity contribution is 7.10. The Morgan fingerprint density at radius 2 is 2.05 bits per heavy atom. The standard InChI is InChI=1S/C16H21NO2S/c1-15(2)13(16(15,3)4)14(19)17-10-12-11(6-5-8-18)7-9-20-12/h7,9,13,18H,8,10H2,1-4H3,(H,17,19). The van der Waals surface area contributed by atoms with Crippen LogP contribution in [0.15, 0.2) is 11.4 Å². The van der Waals surface area contributed by atoms with Gasteiger partial charge in [0.1, 0.15) is 6.61 Å². The van der Waals surface area contributed by atoms with Crippen molar-refractivity contribution in [2.45, 2.75) is 34.2 Å². The fourth-order valence-corrected chi connectivity index (χ4v) is 3.61. The van der Waals surface area contributed by atoms with Crippen LogP contribution in [-0.2, 0) is 11.3 Å². The van der Waals surface area contributed by atoms with E-state index in [-0.39, 0.29) is 29.3 Å². The summed E-state index contributed by atoms with van der Waals surface area (Å²) < 4.78 is 0. The van der Waals surface area contributed by atoms with E-state index >= 15 is 0 Å². The van der Waals surface area contributed by atoms with Crippen LogP contribution in [0.1, 0.15) is 38.1 Å². The minimum Gasteiger partial charge on any atom is -0.384 e. The van der Waals surface area contributed by atoms with Gasteiger partial charge in [0.2, 0.25) is 5.91 Å². The van der Waals surface area contributed by atoms with Crippen LogP contribution >= 0.6 is 11.3 Å². The van der Waals surface area contributed by atoms with Crippen LogP contribution < -0.4 is 5.32 Å². The number of thiophene rings is 1. The van der Waals surface area contributed by atoms with E-state index in [1.54, 1.807) is 11.3 Å². The van der Waals surface area contributed by atoms with Crippen molar-refractivity contribution >= 4 is 17.2 Å². The molecule has 2 rings (SSSR count). The number of carbonyl (C=O) groups is 1. The Morgan fingerprint density at radius 1 is 1.40 bits per heavy atom. The predicted octanol–water partition coefficient (Wildman–Crippen LogP) is 2.39. The fourth-order valence-electron chi connectivity index (χ4n) is 2.84. The van der Waals surface area contributed by atoms with E-state index in [4.69, 9.17) is 5.11 Å². The maximum absolute atomic E-state index is 12.3. The quantitative estimate of drug-likeness (QED) is 0.840. The summed E-state index contributed by atoms with van der Waals surface area (Å²) in [7, 11) is 0. The molecule has 1 amide bonds. The average molecular weight is 291 g/mol. The molecular weight excluding hydrogens is 270 g/mol. The van der Waals surface area contributed by atoms with Crippen LogP contribution in [0.25, 0.3) is 0 Å². The molecule has 1 fully saturated rings. The van der Waals surface area contributed by atoms with Crippen molar-refractivity contribution in [3.63, 3.8) is 0 Å². The van der Waals surface area contributed by atoms with Crippen LogP contribution in [-0.4, -0.2) is 17.6 Å². The highest BCUT2D eigenvalue weighted by Gasteiger charge is 2.68. The van der Waals surface area contributed by atoms with Crippen LogP contribution in [0, 0.1) is 28.6 Å². The molecular formula is C16H21NO2S. The number of nitrogens with one attached hydrogen (secondary N) is 1. The first kappa shape index (κ1) is 15.1. The van der Waals surface area contributed by atoms with Gasteiger partial charge in [0.15, 0.2) is 0 Å². The van der Waals surface area contributed by atoms with E-state index in [0.717, 1.165) is 10.4 Å². The van der Waals surface area contributed by atoms with E-state index in [2.05, 4.69) is 44.9 Å². The highest BCUT2D eigenvalue weighted by atomic mass is 32.1. The van der Waals surface area contributed by atoms with Crippen molar-refractivity contribution < 1.29 is 9.90 Å². The van der Waals surface area contributed by atoms with Crippen molar-refractivity contribution in [2.24, 2.45) is 16.7 Å². The second-order valence-corrected chi connectivity index (χ2v) is 7.31. The first-order chi connectivity index (χ1) is 9.32. The lowest BCUT2D eigenvalue weighted by Gasteiger charge is -2.05. The third-order valence-electron chi connectivity index (χ3n) is 4.75. The third kappa shape index (κ3) is 2.48. The molecule has 1 heterocycles. The first-order valence-corrected chi connectivity index (χ1v) is 7.64. The zero-order valence-corrected chi connectivity index (χ0v) is 13.2. The predicted molar refractivity (Wildman–Crippen MR) is 81.2 cm³/mol. The van der Waals surface area contributed by atoms with Gasteiger partial charge >= 0.3 is 0 Å². The molecule has 0 aliphatic heterocycles. The summed E-state index contributed by atoms with van der Waals surface area (Å²) >= 11 is 1.58. The van der Waals surface area contributed by atoms with Crippen LogP contribution in [0.4, 0.5) is 0 Å². The molecule has 20 heavy (non-hydrogen) atoms. The Morgan fingerprint density at radius 3 is 2.60 bits per heavy atom. The largest absolute Gasteiger partial charge is 0.384 e. The Hall–Kier alpha value is -1.31. The van der Waals surface area contributed by atoms with Gasteiger partial charge in [-0.15, -0.1) is 11.3 Å². The summed E-state index contributed by atoms with van der Waals surface area (Å²) in [5.74, 6) is 5.73. The molecule has 1 saturated carbocycles. The van der Waals surface area contributed by atoms with Crippen molar-refractivity contribution in [3.05, 3.63) is 21.9 Å². The highest BCUT2D eigenvalue weighted by Crippen LogP contribution is 2.68. The molecule has 0 spiro atoms. The molecule has 0 aromatic carbocycles. The molecule has 1 aromatic rings. The van der Waals surface area contributed by atoms with Gasteiger partial charge in [-0.25, -0.2) is 0 Å². The molecule has 0 atom stereocenters. The monoisotopic (exact) mass is 291 g/mol. The molecule has 0 bridgehead atoms. The van der Waals surface area contributed by atoms with Crippen LogP contribution in [0.5, 0.6) is 0 Å². The van der Waals surface area contributed by atoms with E-state index in [1.807, 2.05) is 11.4 Å². The number of hydrogen-bond donors (Lipinski definition) is 2. The molecule has 4 heteroatoms. The lowest BCUT2D eigenvalue weighted by molar-refractivity contribution is -0.123. The molecule has 1 aliphatic carbocycles. The van der Waals surface area contributed by atoms with Crippen molar-refractivity contribution in [2.75, 3.05) is 6.61 Å². The van der Waals surface area contributed by atoms with E-state index in [1.165, 1.54) is 0 Å². The van der Waals surface area contributed by atoms with Crippen molar-refractivity contribution in [1.82, 2.24) is 5.32 Å². The summed E-state index contributed by atoms with van der Waals surface area (Å²) in [6.45, 7) is 8.92. The van der Waals surface area contributed by atoms with E-state index in [0.29, 0.717) is 6.54 Å². The van der Waals surface area contributed by atoms with Gasteiger partial charge in [-0.2, -0.15) is 0 Å². The van der Waals surface area contributed by atoms with Crippen LogP contribution in [0.2, 0.25) is 0 Å². The smallest absolute Gasteiger partial charge is 0.224 e. The minimum absolute atomic E-state index is 0.0616. The number of hydrogen-bond acceptors (Lipinski definition) is 3. The maximum atomic E-state index is 12.3. The normalized spacial score (nSPS) is 19.1. The molecule has 0 unspecified atom stereocenters. The Bertz CT molecular complexity index is 561. The summed E-state index contributed by atoms with van der Waals surface area (Å²) in [6.07, 6.45) is 0. The lowest BCUT2D eigenvalue weighted by atomic mass is 10.0. The van der Waals surface area contributed by atoms with E-state index in [9.17, 15) is 4.79 Å². The van der Waals surface area contributed by atoms with Gasteiger partial charge in [0, 0.05) is 16.4 Å². The number of rotatable bonds is 3. The summed E-state index contributed by atoms with van der Waals surface area (Å²) in [6, 6.07) is 1.92. The van der Waals surface area contributed by atoms with Crippen LogP contribution in [0.3, 0.4) is 0 Å². The summed E-state index contributed by atoms with van der Waals surface area (Å²) in [5, 5.41) is 13.7. The molecule has 2 N–H and O–H groups in total. The van der Waals surface area contributed by atoms with Gasteiger partial charge < -0.3 is 10.4 Å². The van der Waals surface area contributed by atoms with Crippen molar-refractivity contribution in [3.8, 4) is 11.8 Å². The lowest BCUT2D eigenvalue weighted by Crippen LogP contribution is -2.26. The molecule has 1 aliphatic rings. The Balaban J connectivity index is 1.97.